The smallest absolute Gasteiger partial charge is 0.326 e. The van der Waals surface area contributed by atoms with Crippen molar-refractivity contribution in [1.29, 1.82) is 0 Å². The maximum atomic E-state index is 12.8. The van der Waals surface area contributed by atoms with Crippen LogP contribution in [0.15, 0.2) is 0 Å². The van der Waals surface area contributed by atoms with Crippen LogP contribution >= 0.6 is 0 Å². The van der Waals surface area contributed by atoms with Crippen molar-refractivity contribution >= 4 is 29.6 Å². The Kier molecular flexibility index (Phi) is 8.75. The van der Waals surface area contributed by atoms with Crippen molar-refractivity contribution in [2.24, 2.45) is 5.73 Å². The Morgan fingerprint density at radius 3 is 2.42 bits per heavy atom. The second-order valence-electron chi connectivity index (χ2n) is 7.97. The number of amides is 4. The summed E-state index contributed by atoms with van der Waals surface area (Å²) in [5.74, 6) is -3.75. The molecule has 2 heterocycles. The van der Waals surface area contributed by atoms with Gasteiger partial charge in [0.1, 0.15) is 18.1 Å². The van der Waals surface area contributed by atoms with Crippen LogP contribution < -0.4 is 21.7 Å². The molecule has 174 valence electrons. The molecule has 12 nitrogen and oxygen atoms in total. The van der Waals surface area contributed by atoms with Gasteiger partial charge < -0.3 is 36.8 Å². The highest BCUT2D eigenvalue weighted by atomic mass is 16.4. The van der Waals surface area contributed by atoms with E-state index in [1.165, 1.54) is 11.8 Å². The largest absolute Gasteiger partial charge is 0.480 e. The van der Waals surface area contributed by atoms with Gasteiger partial charge in [-0.15, -0.1) is 0 Å². The van der Waals surface area contributed by atoms with Crippen LogP contribution in [0, 0.1) is 0 Å². The van der Waals surface area contributed by atoms with Crippen LogP contribution in [0.1, 0.15) is 45.4 Å². The van der Waals surface area contributed by atoms with Crippen LogP contribution in [0.4, 0.5) is 0 Å². The summed E-state index contributed by atoms with van der Waals surface area (Å²) in [4.78, 5) is 61.9. The van der Waals surface area contributed by atoms with Crippen molar-refractivity contribution in [3.05, 3.63) is 0 Å². The fourth-order valence-corrected chi connectivity index (χ4v) is 3.86. The van der Waals surface area contributed by atoms with E-state index in [-0.39, 0.29) is 24.8 Å². The number of aliphatic hydroxyl groups is 1. The van der Waals surface area contributed by atoms with Crippen molar-refractivity contribution in [1.82, 2.24) is 20.9 Å². The van der Waals surface area contributed by atoms with E-state index in [0.717, 1.165) is 13.0 Å². The van der Waals surface area contributed by atoms with Gasteiger partial charge in [-0.2, -0.15) is 0 Å². The highest BCUT2D eigenvalue weighted by molar-refractivity contribution is 5.94. The Morgan fingerprint density at radius 1 is 1.16 bits per heavy atom. The topological polar surface area (TPSA) is 191 Å². The molecule has 2 fully saturated rings. The van der Waals surface area contributed by atoms with E-state index < -0.39 is 47.9 Å². The second-order valence-corrected chi connectivity index (χ2v) is 7.97. The first-order valence-electron chi connectivity index (χ1n) is 10.5. The van der Waals surface area contributed by atoms with E-state index in [4.69, 9.17) is 5.73 Å². The number of hydrogen-bond acceptors (Lipinski definition) is 7. The van der Waals surface area contributed by atoms with Gasteiger partial charge in [-0.3, -0.25) is 19.2 Å². The molecule has 4 amide bonds. The Bertz CT molecular complexity index is 708. The summed E-state index contributed by atoms with van der Waals surface area (Å²) in [5, 5.41) is 27.0. The van der Waals surface area contributed by atoms with E-state index >= 15 is 0 Å². The lowest BCUT2D eigenvalue weighted by Gasteiger charge is -2.29. The quantitative estimate of drug-likeness (QED) is 0.213. The highest BCUT2D eigenvalue weighted by Gasteiger charge is 2.39. The number of carbonyl (C=O) groups excluding carboxylic acids is 4. The minimum Gasteiger partial charge on any atom is -0.480 e. The molecule has 0 radical (unpaired) electrons. The van der Waals surface area contributed by atoms with Gasteiger partial charge in [-0.25, -0.2) is 4.79 Å². The van der Waals surface area contributed by atoms with Gasteiger partial charge in [-0.1, -0.05) is 0 Å². The molecule has 0 aliphatic carbocycles. The number of likely N-dealkylation sites (tertiary alicyclic amines) is 1. The molecule has 12 heteroatoms. The third-order valence-electron chi connectivity index (χ3n) is 5.55. The van der Waals surface area contributed by atoms with E-state index in [9.17, 15) is 34.2 Å². The molecule has 7 N–H and O–H groups in total. The SMILES string of the molecule is CC(O)C(NC(=O)C1CCCN1C(=O)C1CCCN1)C(=O)NC(CCC(N)=O)C(=O)O. The third-order valence-corrected chi connectivity index (χ3v) is 5.55. The number of primary amides is 1. The van der Waals surface area contributed by atoms with Gasteiger partial charge in [0.15, 0.2) is 0 Å². The molecular weight excluding hydrogens is 410 g/mol. The maximum absolute atomic E-state index is 12.8. The number of aliphatic hydroxyl groups excluding tert-OH is 1. The van der Waals surface area contributed by atoms with Crippen LogP contribution in [0.2, 0.25) is 0 Å². The molecular formula is C19H31N5O7. The van der Waals surface area contributed by atoms with Gasteiger partial charge in [0.2, 0.25) is 23.6 Å². The lowest BCUT2D eigenvalue weighted by molar-refractivity contribution is -0.144. The van der Waals surface area contributed by atoms with Crippen molar-refractivity contribution in [2.45, 2.75) is 75.7 Å². The normalized spacial score (nSPS) is 23.6. The monoisotopic (exact) mass is 441 g/mol. The van der Waals surface area contributed by atoms with Gasteiger partial charge in [0.05, 0.1) is 12.1 Å². The van der Waals surface area contributed by atoms with Crippen molar-refractivity contribution in [3.8, 4) is 0 Å². The zero-order chi connectivity index (χ0) is 23.1. The standard InChI is InChI=1S/C19H31N5O7/c1-10(25)15(17(28)22-12(19(30)31)6-7-14(20)26)23-16(27)13-5-3-9-24(13)18(29)11-4-2-8-21-11/h10-13,15,21,25H,2-9H2,1H3,(H2,20,26)(H,22,28)(H,23,27)(H,30,31). The molecule has 2 saturated heterocycles. The molecule has 2 aliphatic rings. The summed E-state index contributed by atoms with van der Waals surface area (Å²) in [6.45, 7) is 2.45. The fourth-order valence-electron chi connectivity index (χ4n) is 3.86. The molecule has 5 atom stereocenters. The first-order valence-corrected chi connectivity index (χ1v) is 10.5. The summed E-state index contributed by atoms with van der Waals surface area (Å²) in [7, 11) is 0. The van der Waals surface area contributed by atoms with Crippen LogP contribution in [0.3, 0.4) is 0 Å². The molecule has 2 rings (SSSR count). The Hall–Kier alpha value is -2.73. The van der Waals surface area contributed by atoms with Gasteiger partial charge in [0, 0.05) is 13.0 Å². The fraction of sp³-hybridized carbons (Fsp3) is 0.737. The molecule has 0 bridgehead atoms. The highest BCUT2D eigenvalue weighted by Crippen LogP contribution is 2.21. The Balaban J connectivity index is 2.02. The third kappa shape index (κ3) is 6.62. The maximum Gasteiger partial charge on any atom is 0.326 e. The van der Waals surface area contributed by atoms with Crippen LogP contribution in [0.25, 0.3) is 0 Å². The first kappa shape index (κ1) is 24.5. The zero-order valence-electron chi connectivity index (χ0n) is 17.5. The number of carboxylic acids is 1. The van der Waals surface area contributed by atoms with E-state index in [1.54, 1.807) is 0 Å². The Morgan fingerprint density at radius 2 is 1.87 bits per heavy atom. The minimum atomic E-state index is -1.43. The average molecular weight is 441 g/mol. The molecule has 0 saturated carbocycles. The molecule has 0 aromatic rings. The van der Waals surface area contributed by atoms with Crippen LogP contribution in [0.5, 0.6) is 0 Å². The summed E-state index contributed by atoms with van der Waals surface area (Å²) < 4.78 is 0. The van der Waals surface area contributed by atoms with E-state index in [0.29, 0.717) is 25.8 Å². The molecule has 2 aliphatic heterocycles. The number of carboxylic acid groups (broad SMARTS) is 1. The summed E-state index contributed by atoms with van der Waals surface area (Å²) in [6.07, 6.45) is 0.839. The van der Waals surface area contributed by atoms with Crippen molar-refractivity contribution in [3.63, 3.8) is 0 Å². The Labute approximate surface area is 179 Å². The predicted octanol–water partition coefficient (Wildman–Crippen LogP) is -2.57. The second kappa shape index (κ2) is 11.0. The molecule has 31 heavy (non-hydrogen) atoms. The van der Waals surface area contributed by atoms with Crippen molar-refractivity contribution in [2.75, 3.05) is 13.1 Å². The number of nitrogens with two attached hydrogens (primary N) is 1. The summed E-state index contributed by atoms with van der Waals surface area (Å²) >= 11 is 0. The lowest BCUT2D eigenvalue weighted by atomic mass is 10.1. The molecule has 5 unspecified atom stereocenters. The molecule has 0 aromatic carbocycles. The van der Waals surface area contributed by atoms with Crippen LogP contribution in [-0.2, 0) is 24.0 Å². The number of carbonyl (C=O) groups is 5. The minimum absolute atomic E-state index is 0.161. The summed E-state index contributed by atoms with van der Waals surface area (Å²) in [5.41, 5.74) is 5.02. The number of nitrogens with zero attached hydrogens (tertiary/aromatic N) is 1. The number of hydrogen-bond donors (Lipinski definition) is 6. The summed E-state index contributed by atoms with van der Waals surface area (Å²) in [6, 6.07) is -3.93. The number of rotatable bonds is 10. The predicted molar refractivity (Wildman–Crippen MR) is 107 cm³/mol. The van der Waals surface area contributed by atoms with Crippen LogP contribution in [-0.4, -0.2) is 88.1 Å². The van der Waals surface area contributed by atoms with Gasteiger partial charge in [0.25, 0.3) is 0 Å². The number of nitrogens with one attached hydrogen (secondary N) is 3. The molecule has 0 spiro atoms. The van der Waals surface area contributed by atoms with E-state index in [1.807, 2.05) is 0 Å². The zero-order valence-corrected chi connectivity index (χ0v) is 17.5. The van der Waals surface area contributed by atoms with Gasteiger partial charge >= 0.3 is 5.97 Å². The van der Waals surface area contributed by atoms with E-state index in [2.05, 4.69) is 16.0 Å². The molecule has 0 aromatic heterocycles. The first-order chi connectivity index (χ1) is 14.6. The lowest BCUT2D eigenvalue weighted by Crippen LogP contribution is -2.59. The number of aliphatic carboxylic acids is 1. The van der Waals surface area contributed by atoms with Gasteiger partial charge in [-0.05, 0) is 45.6 Å². The average Bonchev–Trinajstić information content (AvgIpc) is 3.39. The van der Waals surface area contributed by atoms with Crippen molar-refractivity contribution < 1.29 is 34.2 Å².